The van der Waals surface area contributed by atoms with Crippen LogP contribution in [0.1, 0.15) is 45.6 Å². The second-order valence-electron chi connectivity index (χ2n) is 8.83. The number of benzene rings is 2. The van der Waals surface area contributed by atoms with Crippen molar-refractivity contribution in [3.63, 3.8) is 0 Å². The van der Waals surface area contributed by atoms with E-state index in [0.717, 1.165) is 16.1 Å². The third-order valence-electron chi connectivity index (χ3n) is 5.57. The van der Waals surface area contributed by atoms with Crippen LogP contribution in [0.5, 0.6) is 0 Å². The number of amides is 2. The molecule has 0 heterocycles. The number of hydrogen-bond donors (Lipinski definition) is 1. The summed E-state index contributed by atoms with van der Waals surface area (Å²) in [6.07, 6.45) is 2.47. The summed E-state index contributed by atoms with van der Waals surface area (Å²) in [7, 11) is -3.62. The van der Waals surface area contributed by atoms with E-state index in [0.29, 0.717) is 25.1 Å². The number of rotatable bonds is 13. The van der Waals surface area contributed by atoms with Gasteiger partial charge in [-0.3, -0.25) is 13.9 Å². The first kappa shape index (κ1) is 28.3. The monoisotopic (exact) mass is 505 g/mol. The Hall–Kier alpha value is -2.94. The highest BCUT2D eigenvalue weighted by Crippen LogP contribution is 2.19. The van der Waals surface area contributed by atoms with Gasteiger partial charge in [0, 0.05) is 25.6 Å². The van der Waals surface area contributed by atoms with Crippen molar-refractivity contribution in [3.8, 4) is 0 Å². The number of carbonyl (C=O) groups is 2. The molecule has 0 radical (unpaired) electrons. The van der Waals surface area contributed by atoms with E-state index in [-0.39, 0.29) is 37.2 Å². The van der Waals surface area contributed by atoms with Crippen LogP contribution < -0.4 is 9.62 Å². The number of nitrogens with zero attached hydrogens (tertiary/aromatic N) is 2. The molecule has 0 bridgehead atoms. The predicted molar refractivity (Wildman–Crippen MR) is 137 cm³/mol. The normalized spacial score (nSPS) is 12.3. The van der Waals surface area contributed by atoms with E-state index in [1.807, 2.05) is 51.1 Å². The summed E-state index contributed by atoms with van der Waals surface area (Å²) in [5, 5.41) is 2.90. The second-order valence-corrected chi connectivity index (χ2v) is 10.7. The summed E-state index contributed by atoms with van der Waals surface area (Å²) >= 11 is 0. The van der Waals surface area contributed by atoms with Gasteiger partial charge in [0.05, 0.1) is 11.9 Å². The average Bonchev–Trinajstić information content (AvgIpc) is 2.79. The Morgan fingerprint density at radius 2 is 1.63 bits per heavy atom. The van der Waals surface area contributed by atoms with Gasteiger partial charge in [-0.25, -0.2) is 12.8 Å². The smallest absolute Gasteiger partial charge is 0.242 e. The molecule has 0 saturated heterocycles. The summed E-state index contributed by atoms with van der Waals surface area (Å²) in [6.45, 7) is 6.05. The van der Waals surface area contributed by atoms with Gasteiger partial charge in [0.2, 0.25) is 21.8 Å². The van der Waals surface area contributed by atoms with Crippen molar-refractivity contribution < 1.29 is 22.4 Å². The fourth-order valence-electron chi connectivity index (χ4n) is 3.89. The van der Waals surface area contributed by atoms with E-state index in [1.54, 1.807) is 4.90 Å². The van der Waals surface area contributed by atoms with E-state index in [9.17, 15) is 22.4 Å². The average molecular weight is 506 g/mol. The van der Waals surface area contributed by atoms with Gasteiger partial charge in [-0.1, -0.05) is 37.3 Å². The molecule has 9 heteroatoms. The maximum Gasteiger partial charge on any atom is 0.242 e. The van der Waals surface area contributed by atoms with Gasteiger partial charge < -0.3 is 10.2 Å². The third-order valence-corrected chi connectivity index (χ3v) is 6.76. The molecular weight excluding hydrogens is 469 g/mol. The third kappa shape index (κ3) is 8.98. The standard InChI is InChI=1S/C26H36FN3O4S/c1-5-24(26(32)28-20(2)3)29(19-17-21-10-7-6-8-11-21)25(31)12-9-18-30(35(4,33)34)23-15-13-22(27)14-16-23/h6-8,10-11,13-16,20,24H,5,9,12,17-19H2,1-4H3,(H,28,32)/t24-/m1/s1. The maximum absolute atomic E-state index is 13.3. The largest absolute Gasteiger partial charge is 0.352 e. The van der Waals surface area contributed by atoms with E-state index in [2.05, 4.69) is 5.32 Å². The topological polar surface area (TPSA) is 86.8 Å². The lowest BCUT2D eigenvalue weighted by molar-refractivity contribution is -0.141. The van der Waals surface area contributed by atoms with Crippen LogP contribution >= 0.6 is 0 Å². The van der Waals surface area contributed by atoms with Crippen LogP contribution in [0.2, 0.25) is 0 Å². The lowest BCUT2D eigenvalue weighted by Gasteiger charge is -2.31. The van der Waals surface area contributed by atoms with E-state index in [4.69, 9.17) is 0 Å². The molecule has 7 nitrogen and oxygen atoms in total. The quantitative estimate of drug-likeness (QED) is 0.449. The molecular formula is C26H36FN3O4S. The molecule has 1 atom stereocenters. The first-order valence-corrected chi connectivity index (χ1v) is 13.7. The minimum atomic E-state index is -3.62. The molecule has 2 amide bonds. The molecule has 0 saturated carbocycles. The lowest BCUT2D eigenvalue weighted by atomic mass is 10.1. The maximum atomic E-state index is 13.3. The van der Waals surface area contributed by atoms with E-state index in [1.165, 1.54) is 24.3 Å². The second kappa shape index (κ2) is 13.2. The Balaban J connectivity index is 2.14. The van der Waals surface area contributed by atoms with Crippen LogP contribution in [0.25, 0.3) is 0 Å². The molecule has 0 spiro atoms. The molecule has 0 unspecified atom stereocenters. The van der Waals surface area contributed by atoms with Crippen LogP contribution in [-0.2, 0) is 26.0 Å². The summed E-state index contributed by atoms with van der Waals surface area (Å²) in [5.41, 5.74) is 1.40. The van der Waals surface area contributed by atoms with E-state index >= 15 is 0 Å². The molecule has 2 rings (SSSR count). The lowest BCUT2D eigenvalue weighted by Crippen LogP contribution is -2.51. The van der Waals surface area contributed by atoms with Crippen molar-refractivity contribution in [3.05, 3.63) is 66.0 Å². The Kier molecular flexibility index (Phi) is 10.7. The van der Waals surface area contributed by atoms with Gasteiger partial charge in [-0.15, -0.1) is 0 Å². The first-order chi connectivity index (χ1) is 16.5. The zero-order valence-corrected chi connectivity index (χ0v) is 21.7. The van der Waals surface area contributed by atoms with Gasteiger partial charge in [0.25, 0.3) is 0 Å². The van der Waals surface area contributed by atoms with Crippen molar-refractivity contribution in [2.24, 2.45) is 0 Å². The Labute approximate surface area is 208 Å². The van der Waals surface area contributed by atoms with Gasteiger partial charge in [0.1, 0.15) is 11.9 Å². The first-order valence-electron chi connectivity index (χ1n) is 11.9. The van der Waals surface area contributed by atoms with Gasteiger partial charge in [0.15, 0.2) is 0 Å². The molecule has 0 aliphatic rings. The van der Waals surface area contributed by atoms with Crippen LogP contribution in [0, 0.1) is 5.82 Å². The summed E-state index contributed by atoms with van der Waals surface area (Å²) < 4.78 is 39.1. The fraction of sp³-hybridized carbons (Fsp3) is 0.462. The zero-order chi connectivity index (χ0) is 26.0. The van der Waals surface area contributed by atoms with Crippen LogP contribution in [0.3, 0.4) is 0 Å². The Morgan fingerprint density at radius 1 is 1.00 bits per heavy atom. The minimum absolute atomic E-state index is 0.0540. The van der Waals surface area contributed by atoms with Crippen LogP contribution in [0.4, 0.5) is 10.1 Å². The number of nitrogens with one attached hydrogen (secondary N) is 1. The summed E-state index contributed by atoms with van der Waals surface area (Å²) in [5.74, 6) is -0.871. The molecule has 0 aliphatic heterocycles. The molecule has 2 aromatic rings. The van der Waals surface area contributed by atoms with Crippen LogP contribution in [0.15, 0.2) is 54.6 Å². The van der Waals surface area contributed by atoms with Crippen molar-refractivity contribution in [1.29, 1.82) is 0 Å². The molecule has 2 aromatic carbocycles. The summed E-state index contributed by atoms with van der Waals surface area (Å²) in [4.78, 5) is 27.7. The Bertz CT molecular complexity index is 1060. The Morgan fingerprint density at radius 3 is 2.17 bits per heavy atom. The van der Waals surface area contributed by atoms with Crippen LogP contribution in [-0.4, -0.2) is 56.6 Å². The molecule has 0 aromatic heterocycles. The highest BCUT2D eigenvalue weighted by atomic mass is 32.2. The molecule has 0 fully saturated rings. The molecule has 0 aliphatic carbocycles. The molecule has 35 heavy (non-hydrogen) atoms. The SMILES string of the molecule is CC[C@H](C(=O)NC(C)C)N(CCc1ccccc1)C(=O)CCCN(c1ccc(F)cc1)S(C)(=O)=O. The predicted octanol–water partition coefficient (Wildman–Crippen LogP) is 3.75. The highest BCUT2D eigenvalue weighted by molar-refractivity contribution is 7.92. The van der Waals surface area contributed by atoms with Gasteiger partial charge in [-0.2, -0.15) is 0 Å². The fourth-order valence-corrected chi connectivity index (χ4v) is 4.85. The molecule has 192 valence electrons. The number of halogens is 1. The number of sulfonamides is 1. The molecule has 1 N–H and O–H groups in total. The van der Waals surface area contributed by atoms with E-state index < -0.39 is 21.9 Å². The number of anilines is 1. The number of carbonyl (C=O) groups excluding carboxylic acids is 2. The van der Waals surface area contributed by atoms with Crippen molar-refractivity contribution in [2.75, 3.05) is 23.7 Å². The van der Waals surface area contributed by atoms with Crippen molar-refractivity contribution in [1.82, 2.24) is 10.2 Å². The summed E-state index contributed by atoms with van der Waals surface area (Å²) in [6, 6.07) is 14.3. The van der Waals surface area contributed by atoms with Crippen molar-refractivity contribution in [2.45, 2.75) is 58.5 Å². The minimum Gasteiger partial charge on any atom is -0.352 e. The highest BCUT2D eigenvalue weighted by Gasteiger charge is 2.28. The van der Waals surface area contributed by atoms with Crippen molar-refractivity contribution >= 4 is 27.5 Å². The number of hydrogen-bond acceptors (Lipinski definition) is 4. The van der Waals surface area contributed by atoms with Gasteiger partial charge in [-0.05, 0) is 62.9 Å². The zero-order valence-electron chi connectivity index (χ0n) is 20.9. The van der Waals surface area contributed by atoms with Gasteiger partial charge >= 0.3 is 0 Å².